The molecule has 0 aliphatic heterocycles. The van der Waals surface area contributed by atoms with E-state index in [0.717, 1.165) is 17.1 Å². The van der Waals surface area contributed by atoms with E-state index in [-0.39, 0.29) is 12.0 Å². The molecule has 0 fully saturated rings. The van der Waals surface area contributed by atoms with Gasteiger partial charge in [0.15, 0.2) is 0 Å². The molecule has 0 amide bonds. The Labute approximate surface area is 106 Å². The number of aliphatic hydroxyl groups excluding tert-OH is 1. The van der Waals surface area contributed by atoms with Crippen LogP contribution in [0.1, 0.15) is 37.9 Å². The van der Waals surface area contributed by atoms with Gasteiger partial charge in [-0.25, -0.2) is 4.68 Å². The van der Waals surface area contributed by atoms with E-state index in [2.05, 4.69) is 36.2 Å². The molecular formula is C12H18N4O2. The summed E-state index contributed by atoms with van der Waals surface area (Å²) in [4.78, 5) is 0. The molecule has 2 aromatic heterocycles. The molecule has 0 spiro atoms. The normalized spacial score (nSPS) is 12.0. The number of nitrogens with zero attached hydrogens (tertiary/aromatic N) is 4. The second kappa shape index (κ2) is 4.89. The third-order valence-corrected chi connectivity index (χ3v) is 2.58. The van der Waals surface area contributed by atoms with Gasteiger partial charge in [-0.3, -0.25) is 0 Å². The van der Waals surface area contributed by atoms with Crippen LogP contribution in [-0.2, 0) is 18.4 Å². The molecule has 2 heterocycles. The molecule has 2 rings (SSSR count). The molecule has 1 N–H and O–H groups in total. The molecule has 6 nitrogen and oxygen atoms in total. The van der Waals surface area contributed by atoms with Crippen LogP contribution in [0, 0.1) is 0 Å². The Hall–Kier alpha value is -1.69. The van der Waals surface area contributed by atoms with Crippen LogP contribution in [0.15, 0.2) is 16.8 Å². The van der Waals surface area contributed by atoms with Crippen LogP contribution in [0.25, 0.3) is 0 Å². The van der Waals surface area contributed by atoms with Crippen LogP contribution >= 0.6 is 0 Å². The number of aromatic nitrogens is 4. The van der Waals surface area contributed by atoms with Crippen LogP contribution in [0.2, 0.25) is 0 Å². The fraction of sp³-hybridized carbons (Fsp3) is 0.583. The van der Waals surface area contributed by atoms with E-state index >= 15 is 0 Å². The van der Waals surface area contributed by atoms with Gasteiger partial charge in [-0.2, -0.15) is 0 Å². The van der Waals surface area contributed by atoms with Crippen molar-refractivity contribution in [2.24, 2.45) is 0 Å². The SMILES string of the molecule is CC(C)(C)c1cc(Cn2cc(CCO)nn2)no1. The summed E-state index contributed by atoms with van der Waals surface area (Å²) in [6.07, 6.45) is 2.33. The van der Waals surface area contributed by atoms with Gasteiger partial charge in [-0.1, -0.05) is 31.1 Å². The summed E-state index contributed by atoms with van der Waals surface area (Å²) in [5.74, 6) is 0.855. The van der Waals surface area contributed by atoms with Gasteiger partial charge in [-0.15, -0.1) is 5.10 Å². The Morgan fingerprint density at radius 2 is 2.11 bits per heavy atom. The van der Waals surface area contributed by atoms with Gasteiger partial charge in [0.1, 0.15) is 11.5 Å². The van der Waals surface area contributed by atoms with E-state index in [4.69, 9.17) is 9.63 Å². The monoisotopic (exact) mass is 250 g/mol. The number of aliphatic hydroxyl groups is 1. The van der Waals surface area contributed by atoms with Crippen molar-refractivity contribution in [2.45, 2.75) is 39.2 Å². The zero-order chi connectivity index (χ0) is 13.2. The maximum Gasteiger partial charge on any atom is 0.142 e. The van der Waals surface area contributed by atoms with Crippen molar-refractivity contribution < 1.29 is 9.63 Å². The summed E-state index contributed by atoms with van der Waals surface area (Å²) in [6, 6.07) is 1.94. The molecule has 18 heavy (non-hydrogen) atoms. The third kappa shape index (κ3) is 2.95. The minimum Gasteiger partial charge on any atom is -0.396 e. The second-order valence-electron chi connectivity index (χ2n) is 5.31. The Kier molecular flexibility index (Phi) is 3.47. The zero-order valence-electron chi connectivity index (χ0n) is 10.9. The van der Waals surface area contributed by atoms with Crippen molar-refractivity contribution in [1.82, 2.24) is 20.2 Å². The largest absolute Gasteiger partial charge is 0.396 e. The highest BCUT2D eigenvalue weighted by Gasteiger charge is 2.19. The van der Waals surface area contributed by atoms with Crippen molar-refractivity contribution in [3.8, 4) is 0 Å². The molecule has 6 heteroatoms. The summed E-state index contributed by atoms with van der Waals surface area (Å²) in [7, 11) is 0. The average Bonchev–Trinajstić information content (AvgIpc) is 2.88. The lowest BCUT2D eigenvalue weighted by Gasteiger charge is -2.12. The molecule has 0 bridgehead atoms. The maximum absolute atomic E-state index is 8.81. The molecule has 0 aliphatic carbocycles. The van der Waals surface area contributed by atoms with Gasteiger partial charge in [0.05, 0.1) is 12.2 Å². The standard InChI is InChI=1S/C12H18N4O2/c1-12(2,3)11-6-10(14-18-11)8-16-7-9(4-5-17)13-15-16/h6-7,17H,4-5,8H2,1-3H3. The number of hydrogen-bond acceptors (Lipinski definition) is 5. The van der Waals surface area contributed by atoms with Crippen molar-refractivity contribution in [3.63, 3.8) is 0 Å². The van der Waals surface area contributed by atoms with Crippen molar-refractivity contribution in [1.29, 1.82) is 0 Å². The van der Waals surface area contributed by atoms with Gasteiger partial charge in [-0.05, 0) is 0 Å². The molecule has 0 radical (unpaired) electrons. The Morgan fingerprint density at radius 3 is 2.72 bits per heavy atom. The van der Waals surface area contributed by atoms with Crippen LogP contribution in [0.4, 0.5) is 0 Å². The highest BCUT2D eigenvalue weighted by Crippen LogP contribution is 2.22. The zero-order valence-corrected chi connectivity index (χ0v) is 10.9. The minimum atomic E-state index is -0.0460. The summed E-state index contributed by atoms with van der Waals surface area (Å²) >= 11 is 0. The molecular weight excluding hydrogens is 232 g/mol. The van der Waals surface area contributed by atoms with E-state index in [1.54, 1.807) is 4.68 Å². The van der Waals surface area contributed by atoms with Crippen LogP contribution < -0.4 is 0 Å². The Morgan fingerprint density at radius 1 is 1.33 bits per heavy atom. The smallest absolute Gasteiger partial charge is 0.142 e. The van der Waals surface area contributed by atoms with E-state index in [1.807, 2.05) is 12.3 Å². The van der Waals surface area contributed by atoms with Gasteiger partial charge < -0.3 is 9.63 Å². The molecule has 0 saturated carbocycles. The van der Waals surface area contributed by atoms with E-state index < -0.39 is 0 Å². The van der Waals surface area contributed by atoms with Gasteiger partial charge in [0.2, 0.25) is 0 Å². The van der Waals surface area contributed by atoms with Crippen molar-refractivity contribution >= 4 is 0 Å². The fourth-order valence-electron chi connectivity index (χ4n) is 1.55. The Balaban J connectivity index is 2.06. The number of rotatable bonds is 4. The lowest BCUT2D eigenvalue weighted by atomic mass is 9.93. The molecule has 2 aromatic rings. The van der Waals surface area contributed by atoms with Crippen molar-refractivity contribution in [2.75, 3.05) is 6.61 Å². The predicted molar refractivity (Wildman–Crippen MR) is 65.1 cm³/mol. The first kappa shape index (κ1) is 12.8. The van der Waals surface area contributed by atoms with Crippen LogP contribution in [-0.4, -0.2) is 31.9 Å². The quantitative estimate of drug-likeness (QED) is 0.880. The van der Waals surface area contributed by atoms with E-state index in [0.29, 0.717) is 13.0 Å². The van der Waals surface area contributed by atoms with E-state index in [9.17, 15) is 0 Å². The highest BCUT2D eigenvalue weighted by atomic mass is 16.5. The first-order valence-corrected chi connectivity index (χ1v) is 5.95. The molecule has 0 aliphatic rings. The van der Waals surface area contributed by atoms with Crippen LogP contribution in [0.3, 0.4) is 0 Å². The molecule has 0 aromatic carbocycles. The van der Waals surface area contributed by atoms with E-state index in [1.165, 1.54) is 0 Å². The molecule has 98 valence electrons. The van der Waals surface area contributed by atoms with Crippen molar-refractivity contribution in [3.05, 3.63) is 29.4 Å². The minimum absolute atomic E-state index is 0.0460. The summed E-state index contributed by atoms with van der Waals surface area (Å²) in [5, 5.41) is 20.8. The van der Waals surface area contributed by atoms with Gasteiger partial charge in [0.25, 0.3) is 0 Å². The Bertz CT molecular complexity index is 510. The predicted octanol–water partition coefficient (Wildman–Crippen LogP) is 1.15. The molecule has 0 unspecified atom stereocenters. The average molecular weight is 250 g/mol. The summed E-state index contributed by atoms with van der Waals surface area (Å²) in [6.45, 7) is 6.83. The summed E-state index contributed by atoms with van der Waals surface area (Å²) < 4.78 is 6.99. The second-order valence-corrected chi connectivity index (χ2v) is 5.31. The molecule has 0 saturated heterocycles. The fourth-order valence-corrected chi connectivity index (χ4v) is 1.55. The summed E-state index contributed by atoms with van der Waals surface area (Å²) in [5.41, 5.74) is 1.55. The maximum atomic E-state index is 8.81. The van der Waals surface area contributed by atoms with Gasteiger partial charge in [0, 0.05) is 30.7 Å². The third-order valence-electron chi connectivity index (χ3n) is 2.58. The number of hydrogen-bond donors (Lipinski definition) is 1. The first-order chi connectivity index (χ1) is 8.49. The lowest BCUT2D eigenvalue weighted by molar-refractivity contribution is 0.298. The lowest BCUT2D eigenvalue weighted by Crippen LogP contribution is -2.09. The topological polar surface area (TPSA) is 77.0 Å². The van der Waals surface area contributed by atoms with Crippen LogP contribution in [0.5, 0.6) is 0 Å². The highest BCUT2D eigenvalue weighted by molar-refractivity contribution is 5.13. The van der Waals surface area contributed by atoms with Gasteiger partial charge >= 0.3 is 0 Å². The molecule has 0 atom stereocenters. The first-order valence-electron chi connectivity index (χ1n) is 5.95.